The molecular formula is C24H27N3O4S. The first kappa shape index (κ1) is 22.2. The molecular weight excluding hydrogens is 426 g/mol. The third-order valence-corrected chi connectivity index (χ3v) is 6.86. The van der Waals surface area contributed by atoms with E-state index in [1.165, 1.54) is 5.56 Å². The number of rotatable bonds is 10. The summed E-state index contributed by atoms with van der Waals surface area (Å²) in [6.45, 7) is 2.50. The van der Waals surface area contributed by atoms with Crippen molar-refractivity contribution in [1.82, 2.24) is 15.0 Å². The number of aryl methyl sites for hydroxylation is 2. The van der Waals surface area contributed by atoms with Crippen molar-refractivity contribution >= 4 is 15.9 Å². The molecule has 7 nitrogen and oxygen atoms in total. The first-order valence-corrected chi connectivity index (χ1v) is 12.3. The monoisotopic (exact) mass is 453 g/mol. The Balaban J connectivity index is 1.20. The van der Waals surface area contributed by atoms with E-state index in [-0.39, 0.29) is 16.8 Å². The van der Waals surface area contributed by atoms with Gasteiger partial charge in [0.25, 0.3) is 0 Å². The Morgan fingerprint density at radius 1 is 1.06 bits per heavy atom. The van der Waals surface area contributed by atoms with Gasteiger partial charge in [0.05, 0.1) is 10.6 Å². The van der Waals surface area contributed by atoms with Gasteiger partial charge in [0, 0.05) is 31.0 Å². The number of hydrogen-bond acceptors (Lipinski definition) is 5. The number of nitrogens with zero attached hydrogens (tertiary/aromatic N) is 1. The molecule has 1 fully saturated rings. The second-order valence-electron chi connectivity index (χ2n) is 8.15. The molecule has 0 bridgehead atoms. The molecule has 1 aliphatic carbocycles. The zero-order valence-electron chi connectivity index (χ0n) is 18.0. The molecule has 0 spiro atoms. The van der Waals surface area contributed by atoms with Crippen LogP contribution in [0, 0.1) is 6.92 Å². The fourth-order valence-corrected chi connectivity index (χ4v) is 4.56. The Bertz CT molecular complexity index is 1160. The van der Waals surface area contributed by atoms with Crippen LogP contribution in [0.2, 0.25) is 0 Å². The summed E-state index contributed by atoms with van der Waals surface area (Å²) in [6, 6.07) is 14.7. The highest BCUT2D eigenvalue weighted by molar-refractivity contribution is 7.89. The van der Waals surface area contributed by atoms with Crippen molar-refractivity contribution in [2.75, 3.05) is 6.54 Å². The number of hydrogen-bond donors (Lipinski definition) is 2. The van der Waals surface area contributed by atoms with Gasteiger partial charge < -0.3 is 9.73 Å². The van der Waals surface area contributed by atoms with Gasteiger partial charge in [-0.1, -0.05) is 29.8 Å². The molecule has 0 unspecified atom stereocenters. The first-order chi connectivity index (χ1) is 15.4. The minimum absolute atomic E-state index is 0.0562. The van der Waals surface area contributed by atoms with Gasteiger partial charge in [-0.3, -0.25) is 4.79 Å². The molecule has 1 amide bonds. The average Bonchev–Trinajstić information content (AvgIpc) is 3.46. The van der Waals surface area contributed by atoms with Crippen molar-refractivity contribution in [2.24, 2.45) is 0 Å². The minimum Gasteiger partial charge on any atom is -0.444 e. The predicted molar refractivity (Wildman–Crippen MR) is 121 cm³/mol. The number of aromatic nitrogens is 1. The van der Waals surface area contributed by atoms with Gasteiger partial charge in [-0.05, 0) is 56.0 Å². The Morgan fingerprint density at radius 2 is 1.78 bits per heavy atom. The number of benzene rings is 2. The smallest absolute Gasteiger partial charge is 0.240 e. The molecule has 1 saturated carbocycles. The van der Waals surface area contributed by atoms with Crippen molar-refractivity contribution in [3.8, 4) is 11.5 Å². The van der Waals surface area contributed by atoms with E-state index in [4.69, 9.17) is 4.42 Å². The molecule has 2 N–H and O–H groups in total. The van der Waals surface area contributed by atoms with E-state index in [1.54, 1.807) is 30.5 Å². The molecule has 0 aliphatic heterocycles. The van der Waals surface area contributed by atoms with E-state index in [2.05, 4.69) is 15.0 Å². The van der Waals surface area contributed by atoms with Crippen LogP contribution >= 0.6 is 0 Å². The summed E-state index contributed by atoms with van der Waals surface area (Å²) in [6.07, 6.45) is 4.88. The standard InChI is InChI=1S/C24H27N3O4S/c1-17-2-7-19(8-3-17)24-26-21(16-31-24)14-15-25-23(28)13-6-18-4-11-22(12-5-18)32(29,30)27-20-9-10-20/h2-5,7-8,11-12,16,20,27H,6,9-10,13-15H2,1H3,(H,25,28). The van der Waals surface area contributed by atoms with Crippen LogP contribution in [0.5, 0.6) is 0 Å². The van der Waals surface area contributed by atoms with Crippen LogP contribution in [0.15, 0.2) is 64.1 Å². The van der Waals surface area contributed by atoms with Crippen LogP contribution in [0.3, 0.4) is 0 Å². The van der Waals surface area contributed by atoms with Crippen molar-refractivity contribution < 1.29 is 17.6 Å². The number of sulfonamides is 1. The summed E-state index contributed by atoms with van der Waals surface area (Å²) in [4.78, 5) is 16.9. The topological polar surface area (TPSA) is 101 Å². The lowest BCUT2D eigenvalue weighted by atomic mass is 10.1. The Morgan fingerprint density at radius 3 is 2.47 bits per heavy atom. The summed E-state index contributed by atoms with van der Waals surface area (Å²) in [5, 5.41) is 2.90. The van der Waals surface area contributed by atoms with Gasteiger partial charge in [0.2, 0.25) is 21.8 Å². The maximum Gasteiger partial charge on any atom is 0.240 e. The van der Waals surface area contributed by atoms with Crippen LogP contribution < -0.4 is 10.0 Å². The summed E-state index contributed by atoms with van der Waals surface area (Å²) in [5.41, 5.74) is 3.81. The first-order valence-electron chi connectivity index (χ1n) is 10.8. The summed E-state index contributed by atoms with van der Waals surface area (Å²) >= 11 is 0. The maximum absolute atomic E-state index is 12.2. The quantitative estimate of drug-likeness (QED) is 0.490. The molecule has 1 heterocycles. The molecule has 1 aromatic heterocycles. The molecule has 4 rings (SSSR count). The second-order valence-corrected chi connectivity index (χ2v) is 9.86. The largest absolute Gasteiger partial charge is 0.444 e. The van der Waals surface area contributed by atoms with Gasteiger partial charge in [0.1, 0.15) is 6.26 Å². The summed E-state index contributed by atoms with van der Waals surface area (Å²) in [5.74, 6) is 0.517. The lowest BCUT2D eigenvalue weighted by molar-refractivity contribution is -0.121. The zero-order chi connectivity index (χ0) is 22.6. The number of carbonyl (C=O) groups is 1. The third kappa shape index (κ3) is 6.05. The predicted octanol–water partition coefficient (Wildman–Crippen LogP) is 3.38. The van der Waals surface area contributed by atoms with Gasteiger partial charge in [-0.25, -0.2) is 18.1 Å². The van der Waals surface area contributed by atoms with E-state index in [9.17, 15) is 13.2 Å². The van der Waals surface area contributed by atoms with Crippen LogP contribution in [0.25, 0.3) is 11.5 Å². The summed E-state index contributed by atoms with van der Waals surface area (Å²) < 4.78 is 32.6. The van der Waals surface area contributed by atoms with E-state index in [0.29, 0.717) is 31.7 Å². The van der Waals surface area contributed by atoms with Crippen LogP contribution in [-0.2, 0) is 27.7 Å². The van der Waals surface area contributed by atoms with Crippen molar-refractivity contribution in [3.05, 3.63) is 71.6 Å². The zero-order valence-corrected chi connectivity index (χ0v) is 18.8. The highest BCUT2D eigenvalue weighted by Gasteiger charge is 2.27. The van der Waals surface area contributed by atoms with Crippen molar-refractivity contribution in [3.63, 3.8) is 0 Å². The van der Waals surface area contributed by atoms with Crippen LogP contribution in [-0.4, -0.2) is 31.9 Å². The number of nitrogens with one attached hydrogen (secondary N) is 2. The van der Waals surface area contributed by atoms with Crippen molar-refractivity contribution in [2.45, 2.75) is 50.0 Å². The number of amides is 1. The fraction of sp³-hybridized carbons (Fsp3) is 0.333. The van der Waals surface area contributed by atoms with Gasteiger partial charge in [-0.2, -0.15) is 0 Å². The Hall–Kier alpha value is -2.97. The second kappa shape index (κ2) is 9.67. The number of carbonyl (C=O) groups excluding carboxylic acids is 1. The van der Waals surface area contributed by atoms with Crippen LogP contribution in [0.1, 0.15) is 36.1 Å². The SMILES string of the molecule is Cc1ccc(-c2nc(CCNC(=O)CCc3ccc(S(=O)(=O)NC4CC4)cc3)co2)cc1. The molecule has 32 heavy (non-hydrogen) atoms. The lowest BCUT2D eigenvalue weighted by Gasteiger charge is -2.07. The lowest BCUT2D eigenvalue weighted by Crippen LogP contribution is -2.26. The summed E-state index contributed by atoms with van der Waals surface area (Å²) in [7, 11) is -3.44. The van der Waals surface area contributed by atoms with Crippen molar-refractivity contribution in [1.29, 1.82) is 0 Å². The molecule has 3 aromatic rings. The molecule has 0 atom stereocenters. The van der Waals surface area contributed by atoms with E-state index in [0.717, 1.165) is 29.7 Å². The molecule has 0 saturated heterocycles. The molecule has 2 aromatic carbocycles. The number of oxazole rings is 1. The van der Waals surface area contributed by atoms with E-state index >= 15 is 0 Å². The van der Waals surface area contributed by atoms with E-state index < -0.39 is 10.0 Å². The normalized spacial score (nSPS) is 13.8. The minimum atomic E-state index is -3.44. The molecule has 168 valence electrons. The maximum atomic E-state index is 12.2. The van der Waals surface area contributed by atoms with Gasteiger partial charge >= 0.3 is 0 Å². The highest BCUT2D eigenvalue weighted by atomic mass is 32.2. The average molecular weight is 454 g/mol. The molecule has 8 heteroatoms. The molecule has 1 aliphatic rings. The fourth-order valence-electron chi connectivity index (χ4n) is 3.25. The third-order valence-electron chi connectivity index (χ3n) is 5.33. The van der Waals surface area contributed by atoms with E-state index in [1.807, 2.05) is 31.2 Å². The Labute approximate surface area is 188 Å². The van der Waals surface area contributed by atoms with Gasteiger partial charge in [0.15, 0.2) is 0 Å². The Kier molecular flexibility index (Phi) is 6.72. The highest BCUT2D eigenvalue weighted by Crippen LogP contribution is 2.22. The molecule has 0 radical (unpaired) electrons. The van der Waals surface area contributed by atoms with Crippen LogP contribution in [0.4, 0.5) is 0 Å². The van der Waals surface area contributed by atoms with Gasteiger partial charge in [-0.15, -0.1) is 0 Å².